The molecule has 0 amide bonds. The van der Waals surface area contributed by atoms with Crippen molar-refractivity contribution in [1.82, 2.24) is 5.32 Å². The van der Waals surface area contributed by atoms with E-state index in [2.05, 4.69) is 25.2 Å². The zero-order chi connectivity index (χ0) is 12.3. The van der Waals surface area contributed by atoms with Crippen molar-refractivity contribution in [2.45, 2.75) is 26.1 Å². The van der Waals surface area contributed by atoms with Crippen LogP contribution in [0, 0.1) is 17.2 Å². The Kier molecular flexibility index (Phi) is 3.78. The van der Waals surface area contributed by atoms with Gasteiger partial charge in [-0.05, 0) is 23.6 Å². The molecule has 1 saturated heterocycles. The maximum atomic E-state index is 8.76. The Bertz CT molecular complexity index is 405. The highest BCUT2D eigenvalue weighted by Gasteiger charge is 2.25. The minimum atomic E-state index is 0.101. The molecule has 2 unspecified atom stereocenters. The molecule has 0 aromatic heterocycles. The molecular formula is C14H18N2O. The third-order valence-electron chi connectivity index (χ3n) is 3.17. The fourth-order valence-corrected chi connectivity index (χ4v) is 2.03. The van der Waals surface area contributed by atoms with E-state index in [0.29, 0.717) is 11.5 Å². The first-order chi connectivity index (χ1) is 8.20. The molecule has 0 aliphatic carbocycles. The van der Waals surface area contributed by atoms with Gasteiger partial charge >= 0.3 is 0 Å². The summed E-state index contributed by atoms with van der Waals surface area (Å²) in [6, 6.07) is 9.78. The van der Waals surface area contributed by atoms with Crippen molar-refractivity contribution in [3.8, 4) is 6.07 Å². The monoisotopic (exact) mass is 230 g/mol. The standard InChI is InChI=1S/C14H18N2O/c1-10(2)13-8-16-9-14(17-13)12-5-3-11(7-15)4-6-12/h3-6,10,13-14,16H,8-9H2,1-2H3. The largest absolute Gasteiger partial charge is 0.367 e. The van der Waals surface area contributed by atoms with Crippen LogP contribution in [0.2, 0.25) is 0 Å². The summed E-state index contributed by atoms with van der Waals surface area (Å²) in [6.45, 7) is 6.11. The maximum Gasteiger partial charge on any atom is 0.0991 e. The van der Waals surface area contributed by atoms with E-state index in [9.17, 15) is 0 Å². The Morgan fingerprint density at radius 1 is 1.29 bits per heavy atom. The van der Waals surface area contributed by atoms with Gasteiger partial charge in [-0.1, -0.05) is 26.0 Å². The van der Waals surface area contributed by atoms with Gasteiger partial charge in [0.25, 0.3) is 0 Å². The van der Waals surface area contributed by atoms with Gasteiger partial charge in [-0.15, -0.1) is 0 Å². The Labute approximate surface area is 102 Å². The quantitative estimate of drug-likeness (QED) is 0.847. The number of morpholine rings is 1. The first kappa shape index (κ1) is 12.1. The van der Waals surface area contributed by atoms with E-state index in [4.69, 9.17) is 10.00 Å². The average Bonchev–Trinajstić information content (AvgIpc) is 2.39. The molecule has 3 heteroatoms. The third-order valence-corrected chi connectivity index (χ3v) is 3.17. The Morgan fingerprint density at radius 3 is 2.59 bits per heavy atom. The second-order valence-corrected chi connectivity index (χ2v) is 4.80. The fraction of sp³-hybridized carbons (Fsp3) is 0.500. The van der Waals surface area contributed by atoms with E-state index in [1.165, 1.54) is 0 Å². The number of nitriles is 1. The van der Waals surface area contributed by atoms with Crippen LogP contribution < -0.4 is 5.32 Å². The first-order valence-corrected chi connectivity index (χ1v) is 6.07. The van der Waals surface area contributed by atoms with Gasteiger partial charge in [0.15, 0.2) is 0 Å². The minimum absolute atomic E-state index is 0.101. The number of hydrogen-bond donors (Lipinski definition) is 1. The van der Waals surface area contributed by atoms with Crippen LogP contribution in [0.1, 0.15) is 31.1 Å². The second kappa shape index (κ2) is 5.31. The fourth-order valence-electron chi connectivity index (χ4n) is 2.03. The lowest BCUT2D eigenvalue weighted by Gasteiger charge is -2.33. The predicted octanol–water partition coefficient (Wildman–Crippen LogP) is 2.24. The molecule has 0 saturated carbocycles. The van der Waals surface area contributed by atoms with Crippen LogP contribution in [0.4, 0.5) is 0 Å². The van der Waals surface area contributed by atoms with E-state index in [0.717, 1.165) is 18.7 Å². The Morgan fingerprint density at radius 2 is 2.00 bits per heavy atom. The molecule has 17 heavy (non-hydrogen) atoms. The Hall–Kier alpha value is -1.37. The van der Waals surface area contributed by atoms with Crippen molar-refractivity contribution < 1.29 is 4.74 Å². The van der Waals surface area contributed by atoms with Gasteiger partial charge in [0.05, 0.1) is 23.8 Å². The lowest BCUT2D eigenvalue weighted by atomic mass is 10.0. The van der Waals surface area contributed by atoms with Crippen LogP contribution in [0.25, 0.3) is 0 Å². The zero-order valence-electron chi connectivity index (χ0n) is 10.3. The summed E-state index contributed by atoms with van der Waals surface area (Å²) in [6.07, 6.45) is 0.369. The molecule has 3 nitrogen and oxygen atoms in total. The summed E-state index contributed by atoms with van der Waals surface area (Å²) in [4.78, 5) is 0. The van der Waals surface area contributed by atoms with Gasteiger partial charge in [0, 0.05) is 13.1 Å². The normalized spacial score (nSPS) is 24.6. The summed E-state index contributed by atoms with van der Waals surface area (Å²) in [5, 5.41) is 12.2. The topological polar surface area (TPSA) is 45.0 Å². The molecule has 1 N–H and O–H groups in total. The van der Waals surface area contributed by atoms with E-state index in [1.807, 2.05) is 24.3 Å². The number of rotatable bonds is 2. The van der Waals surface area contributed by atoms with Gasteiger partial charge in [-0.3, -0.25) is 0 Å². The number of ether oxygens (including phenoxy) is 1. The van der Waals surface area contributed by atoms with E-state index in [1.54, 1.807) is 0 Å². The van der Waals surface area contributed by atoms with Gasteiger partial charge in [0.2, 0.25) is 0 Å². The van der Waals surface area contributed by atoms with Crippen molar-refractivity contribution in [3.05, 3.63) is 35.4 Å². The third kappa shape index (κ3) is 2.85. The lowest BCUT2D eigenvalue weighted by molar-refractivity contribution is -0.0603. The highest BCUT2D eigenvalue weighted by molar-refractivity contribution is 5.32. The summed E-state index contributed by atoms with van der Waals surface area (Å²) in [5.74, 6) is 0.517. The molecule has 1 aromatic rings. The molecule has 1 aliphatic rings. The molecule has 90 valence electrons. The van der Waals surface area contributed by atoms with Crippen LogP contribution in [0.3, 0.4) is 0 Å². The summed E-state index contributed by atoms with van der Waals surface area (Å²) >= 11 is 0. The highest BCUT2D eigenvalue weighted by Crippen LogP contribution is 2.24. The van der Waals surface area contributed by atoms with Crippen LogP contribution in [-0.2, 0) is 4.74 Å². The number of nitrogens with zero attached hydrogens (tertiary/aromatic N) is 1. The van der Waals surface area contributed by atoms with Crippen molar-refractivity contribution in [3.63, 3.8) is 0 Å². The minimum Gasteiger partial charge on any atom is -0.367 e. The summed E-state index contributed by atoms with van der Waals surface area (Å²) in [7, 11) is 0. The van der Waals surface area contributed by atoms with Crippen molar-refractivity contribution in [1.29, 1.82) is 5.26 Å². The van der Waals surface area contributed by atoms with E-state index >= 15 is 0 Å². The highest BCUT2D eigenvalue weighted by atomic mass is 16.5. The molecular weight excluding hydrogens is 212 g/mol. The van der Waals surface area contributed by atoms with Crippen molar-refractivity contribution in [2.75, 3.05) is 13.1 Å². The second-order valence-electron chi connectivity index (χ2n) is 4.80. The number of hydrogen-bond acceptors (Lipinski definition) is 3. The molecule has 2 atom stereocenters. The van der Waals surface area contributed by atoms with Gasteiger partial charge < -0.3 is 10.1 Å². The van der Waals surface area contributed by atoms with Gasteiger partial charge in [-0.25, -0.2) is 0 Å². The van der Waals surface area contributed by atoms with E-state index < -0.39 is 0 Å². The van der Waals surface area contributed by atoms with Crippen molar-refractivity contribution in [2.24, 2.45) is 5.92 Å². The van der Waals surface area contributed by atoms with Crippen LogP contribution in [-0.4, -0.2) is 19.2 Å². The van der Waals surface area contributed by atoms with Crippen LogP contribution in [0.15, 0.2) is 24.3 Å². The molecule has 0 bridgehead atoms. The van der Waals surface area contributed by atoms with Gasteiger partial charge in [0.1, 0.15) is 0 Å². The van der Waals surface area contributed by atoms with Crippen molar-refractivity contribution >= 4 is 0 Å². The molecule has 2 rings (SSSR count). The molecule has 1 aliphatic heterocycles. The number of benzene rings is 1. The smallest absolute Gasteiger partial charge is 0.0991 e. The first-order valence-electron chi connectivity index (χ1n) is 6.07. The molecule has 1 fully saturated rings. The lowest BCUT2D eigenvalue weighted by Crippen LogP contribution is -2.43. The van der Waals surface area contributed by atoms with Crippen LogP contribution in [0.5, 0.6) is 0 Å². The SMILES string of the molecule is CC(C)C1CNCC(c2ccc(C#N)cc2)O1. The summed E-state index contributed by atoms with van der Waals surface area (Å²) < 4.78 is 6.06. The maximum absolute atomic E-state index is 8.76. The zero-order valence-corrected chi connectivity index (χ0v) is 10.3. The Balaban J connectivity index is 2.08. The molecule has 0 radical (unpaired) electrons. The average molecular weight is 230 g/mol. The summed E-state index contributed by atoms with van der Waals surface area (Å²) in [5.41, 5.74) is 1.83. The molecule has 1 aromatic carbocycles. The molecule has 1 heterocycles. The molecule has 0 spiro atoms. The van der Waals surface area contributed by atoms with Gasteiger partial charge in [-0.2, -0.15) is 5.26 Å². The predicted molar refractivity (Wildman–Crippen MR) is 66.5 cm³/mol. The van der Waals surface area contributed by atoms with Crippen LogP contribution >= 0.6 is 0 Å². The number of nitrogens with one attached hydrogen (secondary N) is 1. The van der Waals surface area contributed by atoms with E-state index in [-0.39, 0.29) is 12.2 Å².